The molecule has 1 amide bonds. The van der Waals surface area contributed by atoms with Gasteiger partial charge in [0.15, 0.2) is 0 Å². The average molecular weight is 455 g/mol. The van der Waals surface area contributed by atoms with Gasteiger partial charge >= 0.3 is 0 Å². The normalized spacial score (nSPS) is 17.5. The van der Waals surface area contributed by atoms with Crippen LogP contribution in [0.5, 0.6) is 5.75 Å². The fourth-order valence-corrected chi connectivity index (χ4v) is 4.90. The van der Waals surface area contributed by atoms with Gasteiger partial charge in [0, 0.05) is 35.8 Å². The summed E-state index contributed by atoms with van der Waals surface area (Å²) in [4.78, 5) is 15.1. The lowest BCUT2D eigenvalue weighted by Gasteiger charge is -2.33. The van der Waals surface area contributed by atoms with E-state index >= 15 is 0 Å². The quantitative estimate of drug-likeness (QED) is 0.542. The standard InChI is InChI=1S/C25H24F3N3O2/c1-14-22-20(23(30(2)29-22)17-10-18(24(27)28)12-19(26)11-17)7-8-31(14)25(32)16-6-5-15-4-3-9-33-21(15)13-16/h5-6,10-14,24H,3-4,7-9H2,1-2H3/t14-/m0/s1. The van der Waals surface area contributed by atoms with Gasteiger partial charge < -0.3 is 9.64 Å². The third-order valence-electron chi connectivity index (χ3n) is 6.51. The minimum Gasteiger partial charge on any atom is -0.493 e. The van der Waals surface area contributed by atoms with Crippen molar-refractivity contribution in [3.63, 3.8) is 0 Å². The van der Waals surface area contributed by atoms with Crippen molar-refractivity contribution in [2.45, 2.75) is 38.7 Å². The van der Waals surface area contributed by atoms with Gasteiger partial charge in [0.1, 0.15) is 11.6 Å². The molecule has 0 aliphatic carbocycles. The Kier molecular flexibility index (Phi) is 5.38. The van der Waals surface area contributed by atoms with Gasteiger partial charge in [0.05, 0.1) is 24.0 Å². The Bertz CT molecular complexity index is 1240. The van der Waals surface area contributed by atoms with Crippen molar-refractivity contribution in [3.8, 4) is 17.0 Å². The molecule has 0 unspecified atom stereocenters. The molecule has 0 bridgehead atoms. The first-order valence-corrected chi connectivity index (χ1v) is 11.0. The van der Waals surface area contributed by atoms with E-state index in [1.165, 1.54) is 12.1 Å². The van der Waals surface area contributed by atoms with Crippen molar-refractivity contribution in [1.29, 1.82) is 0 Å². The van der Waals surface area contributed by atoms with Crippen LogP contribution in [0.15, 0.2) is 36.4 Å². The SMILES string of the molecule is C[C@H]1c2nn(C)c(-c3cc(F)cc(C(F)F)c3)c2CCN1C(=O)c1ccc2c(c1)OCCC2. The second-order valence-corrected chi connectivity index (χ2v) is 8.61. The monoisotopic (exact) mass is 455 g/mol. The van der Waals surface area contributed by atoms with Gasteiger partial charge in [-0.2, -0.15) is 5.10 Å². The van der Waals surface area contributed by atoms with Crippen molar-refractivity contribution in [2.75, 3.05) is 13.2 Å². The summed E-state index contributed by atoms with van der Waals surface area (Å²) < 4.78 is 47.8. The Morgan fingerprint density at radius 1 is 1.18 bits per heavy atom. The molecule has 5 nitrogen and oxygen atoms in total. The Morgan fingerprint density at radius 3 is 2.79 bits per heavy atom. The number of alkyl halides is 2. The lowest BCUT2D eigenvalue weighted by atomic mass is 9.94. The van der Waals surface area contributed by atoms with Gasteiger partial charge in [-0.25, -0.2) is 13.2 Å². The number of amides is 1. The van der Waals surface area contributed by atoms with Crippen molar-refractivity contribution in [2.24, 2.45) is 7.05 Å². The van der Waals surface area contributed by atoms with Crippen molar-refractivity contribution in [3.05, 3.63) is 70.2 Å². The summed E-state index contributed by atoms with van der Waals surface area (Å²) in [5, 5.41) is 4.60. The molecule has 8 heteroatoms. The number of ether oxygens (including phenoxy) is 1. The largest absolute Gasteiger partial charge is 0.493 e. The number of carbonyl (C=O) groups excluding carboxylic acids is 1. The van der Waals surface area contributed by atoms with E-state index < -0.39 is 12.2 Å². The molecule has 0 N–H and O–H groups in total. The van der Waals surface area contributed by atoms with Gasteiger partial charge in [-0.3, -0.25) is 9.48 Å². The second kappa shape index (κ2) is 8.24. The number of aryl methyl sites for hydroxylation is 2. The minimum absolute atomic E-state index is 0.108. The molecule has 0 radical (unpaired) electrons. The molecule has 5 rings (SSSR count). The molecule has 172 valence electrons. The Hall–Kier alpha value is -3.29. The van der Waals surface area contributed by atoms with Crippen molar-refractivity contribution >= 4 is 5.91 Å². The number of rotatable bonds is 3. The zero-order chi connectivity index (χ0) is 23.3. The van der Waals surface area contributed by atoms with E-state index in [1.807, 2.05) is 25.1 Å². The van der Waals surface area contributed by atoms with E-state index in [0.717, 1.165) is 35.8 Å². The summed E-state index contributed by atoms with van der Waals surface area (Å²) in [6, 6.07) is 8.68. The lowest BCUT2D eigenvalue weighted by molar-refractivity contribution is 0.0673. The number of hydrogen-bond donors (Lipinski definition) is 0. The average Bonchev–Trinajstić information content (AvgIpc) is 3.15. The van der Waals surface area contributed by atoms with E-state index in [-0.39, 0.29) is 17.5 Å². The number of fused-ring (bicyclic) bond motifs is 2. The molecule has 33 heavy (non-hydrogen) atoms. The number of aromatic nitrogens is 2. The molecule has 0 saturated carbocycles. The third kappa shape index (κ3) is 3.77. The molecule has 3 aromatic rings. The minimum atomic E-state index is -2.77. The van der Waals surface area contributed by atoms with Crippen LogP contribution in [0, 0.1) is 5.82 Å². The van der Waals surface area contributed by atoms with Crippen LogP contribution in [0.3, 0.4) is 0 Å². The summed E-state index contributed by atoms with van der Waals surface area (Å²) in [7, 11) is 1.71. The molecule has 2 aliphatic heterocycles. The van der Waals surface area contributed by atoms with Crippen LogP contribution < -0.4 is 4.74 Å². The van der Waals surface area contributed by atoms with Crippen LogP contribution in [-0.4, -0.2) is 33.7 Å². The molecule has 0 fully saturated rings. The van der Waals surface area contributed by atoms with E-state index in [4.69, 9.17) is 4.74 Å². The number of hydrogen-bond acceptors (Lipinski definition) is 3. The molecule has 0 saturated heterocycles. The van der Waals surface area contributed by atoms with Gasteiger partial charge in [-0.15, -0.1) is 0 Å². The molecular formula is C25H24F3N3O2. The molecule has 0 spiro atoms. The first-order valence-electron chi connectivity index (χ1n) is 11.0. The number of benzene rings is 2. The summed E-state index contributed by atoms with van der Waals surface area (Å²) in [6.45, 7) is 3.00. The fraction of sp³-hybridized carbons (Fsp3) is 0.360. The molecular weight excluding hydrogens is 431 g/mol. The maximum absolute atomic E-state index is 14.1. The van der Waals surface area contributed by atoms with Crippen molar-refractivity contribution < 1.29 is 22.7 Å². The number of nitrogens with zero attached hydrogens (tertiary/aromatic N) is 3. The number of halogens is 3. The molecule has 1 aromatic heterocycles. The Morgan fingerprint density at radius 2 is 2.00 bits per heavy atom. The smallest absolute Gasteiger partial charge is 0.263 e. The van der Waals surface area contributed by atoms with Gasteiger partial charge in [0.2, 0.25) is 0 Å². The zero-order valence-electron chi connectivity index (χ0n) is 18.4. The molecule has 3 heterocycles. The first-order chi connectivity index (χ1) is 15.8. The highest BCUT2D eigenvalue weighted by Gasteiger charge is 2.34. The fourth-order valence-electron chi connectivity index (χ4n) is 4.90. The second-order valence-electron chi connectivity index (χ2n) is 8.61. The lowest BCUT2D eigenvalue weighted by Crippen LogP contribution is -2.39. The predicted molar refractivity (Wildman–Crippen MR) is 117 cm³/mol. The van der Waals surface area contributed by atoms with E-state index in [0.29, 0.717) is 42.1 Å². The van der Waals surface area contributed by atoms with E-state index in [9.17, 15) is 18.0 Å². The topological polar surface area (TPSA) is 47.4 Å². The highest BCUT2D eigenvalue weighted by molar-refractivity contribution is 5.95. The highest BCUT2D eigenvalue weighted by Crippen LogP contribution is 2.38. The van der Waals surface area contributed by atoms with Gasteiger partial charge in [-0.05, 0) is 62.1 Å². The summed E-state index contributed by atoms with van der Waals surface area (Å²) in [5.41, 5.74) is 3.83. The summed E-state index contributed by atoms with van der Waals surface area (Å²) in [5.74, 6) is -0.0605. The maximum Gasteiger partial charge on any atom is 0.263 e. The maximum atomic E-state index is 14.1. The van der Waals surface area contributed by atoms with Crippen molar-refractivity contribution in [1.82, 2.24) is 14.7 Å². The molecule has 1 atom stereocenters. The zero-order valence-corrected chi connectivity index (χ0v) is 18.4. The molecule has 2 aliphatic rings. The van der Waals surface area contributed by atoms with Crippen LogP contribution in [-0.2, 0) is 19.9 Å². The first kappa shape index (κ1) is 21.6. The van der Waals surface area contributed by atoms with Crippen LogP contribution in [0.2, 0.25) is 0 Å². The highest BCUT2D eigenvalue weighted by atomic mass is 19.3. The Balaban J connectivity index is 1.47. The van der Waals surface area contributed by atoms with E-state index in [1.54, 1.807) is 16.6 Å². The third-order valence-corrected chi connectivity index (χ3v) is 6.51. The van der Waals surface area contributed by atoms with Crippen LogP contribution in [0.25, 0.3) is 11.3 Å². The summed E-state index contributed by atoms with van der Waals surface area (Å²) in [6.07, 6.45) is -0.358. The van der Waals surface area contributed by atoms with Gasteiger partial charge in [0.25, 0.3) is 12.3 Å². The number of carbonyl (C=O) groups is 1. The van der Waals surface area contributed by atoms with Gasteiger partial charge in [-0.1, -0.05) is 6.07 Å². The Labute approximate surface area is 189 Å². The summed E-state index contributed by atoms with van der Waals surface area (Å²) >= 11 is 0. The van der Waals surface area contributed by atoms with Crippen LogP contribution in [0.4, 0.5) is 13.2 Å². The van der Waals surface area contributed by atoms with Crippen LogP contribution in [0.1, 0.15) is 58.6 Å². The predicted octanol–water partition coefficient (Wildman–Crippen LogP) is 5.25. The molecule has 2 aromatic carbocycles. The van der Waals surface area contributed by atoms with E-state index in [2.05, 4.69) is 5.10 Å². The van der Waals surface area contributed by atoms with Crippen LogP contribution >= 0.6 is 0 Å².